The van der Waals surface area contributed by atoms with Gasteiger partial charge in [-0.3, -0.25) is 9.69 Å². The summed E-state index contributed by atoms with van der Waals surface area (Å²) in [4.78, 5) is 17.0. The quantitative estimate of drug-likeness (QED) is 0.884. The Kier molecular flexibility index (Phi) is 9.06. The molecule has 0 aromatic heterocycles. The van der Waals surface area contributed by atoms with Crippen LogP contribution in [0.25, 0.3) is 0 Å². The Morgan fingerprint density at radius 2 is 1.92 bits per heavy atom. The number of piperazine rings is 1. The number of piperidine rings is 1. The maximum Gasteiger partial charge on any atom is 0.239 e. The molecule has 2 fully saturated rings. The first-order valence-corrected chi connectivity index (χ1v) is 8.52. The zero-order valence-electron chi connectivity index (χ0n) is 14.4. The normalized spacial score (nSPS) is 21.5. The number of hydrogen-bond donors (Lipinski definition) is 1. The number of amides is 1. The summed E-state index contributed by atoms with van der Waals surface area (Å²) in [7, 11) is 0. The zero-order chi connectivity index (χ0) is 15.4. The number of rotatable bonds is 3. The molecule has 2 aliphatic rings. The van der Waals surface area contributed by atoms with Crippen LogP contribution in [0.15, 0.2) is 24.3 Å². The predicted octanol–water partition coefficient (Wildman–Crippen LogP) is 2.62. The van der Waals surface area contributed by atoms with Crippen molar-refractivity contribution in [1.29, 1.82) is 0 Å². The highest BCUT2D eigenvalue weighted by atomic mass is 35.5. The van der Waals surface area contributed by atoms with E-state index in [0.29, 0.717) is 5.91 Å². The number of carbonyl (C=O) groups is 1. The fourth-order valence-corrected chi connectivity index (χ4v) is 3.48. The van der Waals surface area contributed by atoms with Gasteiger partial charge in [-0.15, -0.1) is 24.8 Å². The van der Waals surface area contributed by atoms with Gasteiger partial charge in [0.15, 0.2) is 0 Å². The van der Waals surface area contributed by atoms with E-state index in [2.05, 4.69) is 46.3 Å². The van der Waals surface area contributed by atoms with E-state index in [-0.39, 0.29) is 30.9 Å². The van der Waals surface area contributed by atoms with Crippen LogP contribution in [0.3, 0.4) is 0 Å². The van der Waals surface area contributed by atoms with Crippen LogP contribution in [0.4, 0.5) is 0 Å². The summed E-state index contributed by atoms with van der Waals surface area (Å²) in [5.74, 6) is 0.315. The molecule has 1 atom stereocenters. The monoisotopic (exact) mass is 373 g/mol. The minimum Gasteiger partial charge on any atom is -0.339 e. The molecule has 1 unspecified atom stereocenters. The van der Waals surface area contributed by atoms with E-state index >= 15 is 0 Å². The molecule has 1 amide bonds. The molecule has 1 N–H and O–H groups in total. The van der Waals surface area contributed by atoms with Crippen molar-refractivity contribution in [2.24, 2.45) is 0 Å². The van der Waals surface area contributed by atoms with Crippen molar-refractivity contribution >= 4 is 30.7 Å². The van der Waals surface area contributed by atoms with Gasteiger partial charge < -0.3 is 10.2 Å². The zero-order valence-corrected chi connectivity index (χ0v) is 16.0. The second kappa shape index (κ2) is 10.2. The lowest BCUT2D eigenvalue weighted by molar-refractivity contribution is -0.135. The summed E-state index contributed by atoms with van der Waals surface area (Å²) >= 11 is 0. The highest BCUT2D eigenvalue weighted by Gasteiger charge is 2.28. The molecule has 3 rings (SSSR count). The number of carbonyl (C=O) groups excluding carboxylic acids is 1. The lowest BCUT2D eigenvalue weighted by Crippen LogP contribution is -2.54. The van der Waals surface area contributed by atoms with Gasteiger partial charge in [-0.25, -0.2) is 0 Å². The lowest BCUT2D eigenvalue weighted by Gasteiger charge is -2.37. The molecule has 136 valence electrons. The average molecular weight is 374 g/mol. The summed E-state index contributed by atoms with van der Waals surface area (Å²) in [6, 6.07) is 8.77. The fourth-order valence-electron chi connectivity index (χ4n) is 3.48. The largest absolute Gasteiger partial charge is 0.339 e. The molecule has 0 aliphatic carbocycles. The van der Waals surface area contributed by atoms with Crippen molar-refractivity contribution in [3.8, 4) is 0 Å². The first kappa shape index (κ1) is 21.2. The Morgan fingerprint density at radius 1 is 1.17 bits per heavy atom. The third kappa shape index (κ3) is 5.62. The third-order valence-electron chi connectivity index (χ3n) is 4.78. The molecule has 0 saturated carbocycles. The van der Waals surface area contributed by atoms with Gasteiger partial charge in [0, 0.05) is 32.7 Å². The van der Waals surface area contributed by atoms with Gasteiger partial charge in [0.25, 0.3) is 0 Å². The highest BCUT2D eigenvalue weighted by Crippen LogP contribution is 2.14. The Morgan fingerprint density at radius 3 is 2.54 bits per heavy atom. The van der Waals surface area contributed by atoms with E-state index < -0.39 is 0 Å². The lowest BCUT2D eigenvalue weighted by atomic mass is 10.0. The Hall–Kier alpha value is -0.810. The van der Waals surface area contributed by atoms with Gasteiger partial charge in [0.2, 0.25) is 5.91 Å². The standard InChI is InChI=1S/C18H27N3O.2ClH/c1-15-5-4-6-16(13-15)14-20-9-11-21(12-10-20)18(22)17-7-2-3-8-19-17;;/h4-6,13,17,19H,2-3,7-12,14H2,1H3;2*1H. The van der Waals surface area contributed by atoms with Crippen molar-refractivity contribution in [2.75, 3.05) is 32.7 Å². The van der Waals surface area contributed by atoms with Crippen molar-refractivity contribution in [3.63, 3.8) is 0 Å². The van der Waals surface area contributed by atoms with Gasteiger partial charge in [-0.1, -0.05) is 36.2 Å². The fraction of sp³-hybridized carbons (Fsp3) is 0.611. The molecule has 1 aromatic carbocycles. The smallest absolute Gasteiger partial charge is 0.239 e. The van der Waals surface area contributed by atoms with E-state index in [9.17, 15) is 4.79 Å². The van der Waals surface area contributed by atoms with Gasteiger partial charge in [0.05, 0.1) is 6.04 Å². The van der Waals surface area contributed by atoms with Crippen LogP contribution in [0.5, 0.6) is 0 Å². The maximum absolute atomic E-state index is 12.5. The topological polar surface area (TPSA) is 35.6 Å². The Bertz CT molecular complexity index is 513. The Labute approximate surface area is 157 Å². The van der Waals surface area contributed by atoms with Crippen LogP contribution in [-0.2, 0) is 11.3 Å². The van der Waals surface area contributed by atoms with Crippen LogP contribution in [0, 0.1) is 6.92 Å². The molecular weight excluding hydrogens is 345 g/mol. The van der Waals surface area contributed by atoms with Crippen LogP contribution in [0.2, 0.25) is 0 Å². The first-order chi connectivity index (χ1) is 10.7. The average Bonchev–Trinajstić information content (AvgIpc) is 2.56. The molecule has 6 heteroatoms. The van der Waals surface area contributed by atoms with Gasteiger partial charge in [-0.2, -0.15) is 0 Å². The van der Waals surface area contributed by atoms with Crippen LogP contribution in [-0.4, -0.2) is 54.5 Å². The summed E-state index contributed by atoms with van der Waals surface area (Å²) < 4.78 is 0. The van der Waals surface area contributed by atoms with E-state index in [1.54, 1.807) is 0 Å². The summed E-state index contributed by atoms with van der Waals surface area (Å²) in [6.07, 6.45) is 3.38. The Balaban J connectivity index is 0.00000144. The second-order valence-electron chi connectivity index (χ2n) is 6.59. The molecule has 2 aliphatic heterocycles. The molecule has 2 heterocycles. The van der Waals surface area contributed by atoms with E-state index in [1.165, 1.54) is 24.0 Å². The minimum absolute atomic E-state index is 0. The van der Waals surface area contributed by atoms with E-state index in [0.717, 1.165) is 45.7 Å². The van der Waals surface area contributed by atoms with Gasteiger partial charge >= 0.3 is 0 Å². The molecule has 0 bridgehead atoms. The maximum atomic E-state index is 12.5. The number of aryl methyl sites for hydroxylation is 1. The van der Waals surface area contributed by atoms with E-state index in [4.69, 9.17) is 0 Å². The summed E-state index contributed by atoms with van der Waals surface area (Å²) in [5.41, 5.74) is 2.68. The van der Waals surface area contributed by atoms with Crippen molar-refractivity contribution < 1.29 is 4.79 Å². The highest BCUT2D eigenvalue weighted by molar-refractivity contribution is 5.85. The van der Waals surface area contributed by atoms with Crippen molar-refractivity contribution in [2.45, 2.75) is 38.8 Å². The van der Waals surface area contributed by atoms with Crippen LogP contribution >= 0.6 is 24.8 Å². The summed E-state index contributed by atoms with van der Waals surface area (Å²) in [5, 5.41) is 3.37. The van der Waals surface area contributed by atoms with Crippen molar-refractivity contribution in [1.82, 2.24) is 15.1 Å². The predicted molar refractivity (Wildman–Crippen MR) is 103 cm³/mol. The summed E-state index contributed by atoms with van der Waals surface area (Å²) in [6.45, 7) is 7.80. The van der Waals surface area contributed by atoms with Crippen LogP contribution < -0.4 is 5.32 Å². The third-order valence-corrected chi connectivity index (χ3v) is 4.78. The molecule has 24 heavy (non-hydrogen) atoms. The van der Waals surface area contributed by atoms with Crippen LogP contribution in [0.1, 0.15) is 30.4 Å². The number of hydrogen-bond acceptors (Lipinski definition) is 3. The number of benzene rings is 1. The molecule has 0 spiro atoms. The van der Waals surface area contributed by atoms with Crippen molar-refractivity contribution in [3.05, 3.63) is 35.4 Å². The molecule has 0 radical (unpaired) electrons. The number of nitrogens with one attached hydrogen (secondary N) is 1. The molecule has 1 aromatic rings. The second-order valence-corrected chi connectivity index (χ2v) is 6.59. The number of nitrogens with zero attached hydrogens (tertiary/aromatic N) is 2. The van der Waals surface area contributed by atoms with Gasteiger partial charge in [0.1, 0.15) is 0 Å². The molecule has 2 saturated heterocycles. The van der Waals surface area contributed by atoms with E-state index in [1.807, 2.05) is 0 Å². The minimum atomic E-state index is 0. The SMILES string of the molecule is Cc1cccc(CN2CCN(C(=O)C3CCCCN3)CC2)c1.Cl.Cl. The first-order valence-electron chi connectivity index (χ1n) is 8.52. The van der Waals surface area contributed by atoms with Gasteiger partial charge in [-0.05, 0) is 31.9 Å². The molecule has 4 nitrogen and oxygen atoms in total. The molecular formula is C18H29Cl2N3O. The number of halogens is 2.